The number of halogens is 1. The second-order valence-corrected chi connectivity index (χ2v) is 3.95. The summed E-state index contributed by atoms with van der Waals surface area (Å²) in [4.78, 5) is 10.2. The van der Waals surface area contributed by atoms with Crippen LogP contribution in [0.25, 0.3) is 0 Å². The molecule has 1 aliphatic heterocycles. The monoisotopic (exact) mass is 291 g/mol. The first-order valence-electron chi connectivity index (χ1n) is 3.74. The number of rotatable bonds is 2. The SMILES string of the molecule is O=[N+]([O-])c1cc(C2CO2)ccc1I. The quantitative estimate of drug-likeness (QED) is 0.363. The summed E-state index contributed by atoms with van der Waals surface area (Å²) in [7, 11) is 0. The van der Waals surface area contributed by atoms with Crippen molar-refractivity contribution in [3.8, 4) is 0 Å². The Balaban J connectivity index is 2.41. The molecule has 1 atom stereocenters. The number of ether oxygens (including phenoxy) is 1. The lowest BCUT2D eigenvalue weighted by molar-refractivity contribution is -0.385. The smallest absolute Gasteiger partial charge is 0.283 e. The van der Waals surface area contributed by atoms with Gasteiger partial charge in [0.1, 0.15) is 6.10 Å². The van der Waals surface area contributed by atoms with E-state index >= 15 is 0 Å². The number of hydrogen-bond donors (Lipinski definition) is 0. The summed E-state index contributed by atoms with van der Waals surface area (Å²) in [5, 5.41) is 10.6. The van der Waals surface area contributed by atoms with Crippen LogP contribution in [0.5, 0.6) is 0 Å². The van der Waals surface area contributed by atoms with Gasteiger partial charge in [-0.1, -0.05) is 6.07 Å². The van der Waals surface area contributed by atoms with Crippen LogP contribution in [0.2, 0.25) is 0 Å². The van der Waals surface area contributed by atoms with Crippen molar-refractivity contribution in [2.75, 3.05) is 6.61 Å². The van der Waals surface area contributed by atoms with E-state index in [9.17, 15) is 10.1 Å². The minimum atomic E-state index is -0.367. The first-order chi connectivity index (χ1) is 6.18. The first-order valence-corrected chi connectivity index (χ1v) is 4.82. The van der Waals surface area contributed by atoms with Gasteiger partial charge in [0.05, 0.1) is 15.1 Å². The van der Waals surface area contributed by atoms with E-state index in [1.165, 1.54) is 0 Å². The second kappa shape index (κ2) is 3.22. The summed E-state index contributed by atoms with van der Waals surface area (Å²) in [5.41, 5.74) is 1.06. The van der Waals surface area contributed by atoms with Gasteiger partial charge in [-0.25, -0.2) is 0 Å². The molecule has 1 aliphatic rings. The zero-order valence-electron chi connectivity index (χ0n) is 6.57. The zero-order chi connectivity index (χ0) is 9.42. The Labute approximate surface area is 88.2 Å². The Morgan fingerprint density at radius 2 is 2.31 bits per heavy atom. The van der Waals surface area contributed by atoms with Gasteiger partial charge in [-0.3, -0.25) is 10.1 Å². The predicted molar refractivity (Wildman–Crippen MR) is 54.5 cm³/mol. The van der Waals surface area contributed by atoms with Crippen LogP contribution in [0, 0.1) is 13.7 Å². The van der Waals surface area contributed by atoms with Crippen molar-refractivity contribution in [1.29, 1.82) is 0 Å². The Morgan fingerprint density at radius 1 is 1.62 bits per heavy atom. The highest BCUT2D eigenvalue weighted by Gasteiger charge is 2.27. The largest absolute Gasteiger partial charge is 0.368 e. The number of hydrogen-bond acceptors (Lipinski definition) is 3. The predicted octanol–water partition coefficient (Wildman–Crippen LogP) is 2.27. The fraction of sp³-hybridized carbons (Fsp3) is 0.250. The molecule has 0 aromatic heterocycles. The second-order valence-electron chi connectivity index (χ2n) is 2.79. The van der Waals surface area contributed by atoms with Crippen LogP contribution >= 0.6 is 22.6 Å². The van der Waals surface area contributed by atoms with E-state index in [1.807, 2.05) is 28.7 Å². The van der Waals surface area contributed by atoms with Gasteiger partial charge in [0.2, 0.25) is 0 Å². The maximum Gasteiger partial charge on any atom is 0.283 e. The number of benzene rings is 1. The fourth-order valence-electron chi connectivity index (χ4n) is 1.11. The molecule has 1 unspecified atom stereocenters. The van der Waals surface area contributed by atoms with Gasteiger partial charge in [0, 0.05) is 6.07 Å². The van der Waals surface area contributed by atoms with Crippen LogP contribution in [-0.2, 0) is 4.74 Å². The maximum atomic E-state index is 10.6. The standard InChI is InChI=1S/C8H6INO3/c9-6-2-1-5(8-4-13-8)3-7(6)10(11)12/h1-3,8H,4H2. The Hall–Kier alpha value is -0.690. The summed E-state index contributed by atoms with van der Waals surface area (Å²) >= 11 is 1.95. The lowest BCUT2D eigenvalue weighted by Gasteiger charge is -1.97. The fourth-order valence-corrected chi connectivity index (χ4v) is 1.64. The molecule has 68 valence electrons. The van der Waals surface area contributed by atoms with Crippen molar-refractivity contribution in [3.05, 3.63) is 37.4 Å². The van der Waals surface area contributed by atoms with Gasteiger partial charge in [0.25, 0.3) is 5.69 Å². The van der Waals surface area contributed by atoms with Gasteiger partial charge in [-0.15, -0.1) is 0 Å². The summed E-state index contributed by atoms with van der Waals surface area (Å²) in [5.74, 6) is 0. The third-order valence-electron chi connectivity index (χ3n) is 1.87. The molecule has 2 rings (SSSR count). The van der Waals surface area contributed by atoms with Crippen molar-refractivity contribution in [3.63, 3.8) is 0 Å². The molecule has 0 bridgehead atoms. The molecule has 1 heterocycles. The normalized spacial score (nSPS) is 19.9. The Morgan fingerprint density at radius 3 is 2.85 bits per heavy atom. The van der Waals surface area contributed by atoms with E-state index in [0.29, 0.717) is 10.2 Å². The van der Waals surface area contributed by atoms with Crippen LogP contribution in [0.4, 0.5) is 5.69 Å². The highest BCUT2D eigenvalue weighted by atomic mass is 127. The average Bonchev–Trinajstić information content (AvgIpc) is 2.87. The van der Waals surface area contributed by atoms with Crippen LogP contribution in [-0.4, -0.2) is 11.5 Å². The molecule has 4 nitrogen and oxygen atoms in total. The molecule has 0 radical (unpaired) electrons. The molecule has 13 heavy (non-hydrogen) atoms. The molecule has 0 N–H and O–H groups in total. The van der Waals surface area contributed by atoms with E-state index < -0.39 is 0 Å². The first kappa shape index (κ1) is 8.89. The Bertz CT molecular complexity index is 362. The molecule has 0 amide bonds. The molecule has 5 heteroatoms. The van der Waals surface area contributed by atoms with E-state index in [-0.39, 0.29) is 16.7 Å². The maximum absolute atomic E-state index is 10.6. The summed E-state index contributed by atoms with van der Waals surface area (Å²) in [6.45, 7) is 0.678. The molecule has 0 aliphatic carbocycles. The Kier molecular flexibility index (Phi) is 2.20. The number of nitro benzene ring substituents is 1. The van der Waals surface area contributed by atoms with Crippen molar-refractivity contribution in [1.82, 2.24) is 0 Å². The summed E-state index contributed by atoms with van der Waals surface area (Å²) in [6.07, 6.45) is 0.0794. The molecule has 1 aromatic rings. The van der Waals surface area contributed by atoms with Crippen LogP contribution in [0.1, 0.15) is 11.7 Å². The van der Waals surface area contributed by atoms with Gasteiger partial charge in [0.15, 0.2) is 0 Å². The summed E-state index contributed by atoms with van der Waals surface area (Å²) < 4.78 is 5.70. The lowest BCUT2D eigenvalue weighted by Crippen LogP contribution is -1.93. The lowest BCUT2D eigenvalue weighted by atomic mass is 10.1. The van der Waals surface area contributed by atoms with Gasteiger partial charge in [-0.05, 0) is 34.2 Å². The molecule has 1 saturated heterocycles. The van der Waals surface area contributed by atoms with E-state index in [0.717, 1.165) is 5.56 Å². The van der Waals surface area contributed by atoms with Crippen molar-refractivity contribution in [2.24, 2.45) is 0 Å². The van der Waals surface area contributed by atoms with E-state index in [1.54, 1.807) is 12.1 Å². The molecular formula is C8H6INO3. The van der Waals surface area contributed by atoms with Crippen molar-refractivity contribution in [2.45, 2.75) is 6.10 Å². The van der Waals surface area contributed by atoms with Crippen LogP contribution in [0.15, 0.2) is 18.2 Å². The summed E-state index contributed by atoms with van der Waals surface area (Å²) in [6, 6.07) is 5.20. The topological polar surface area (TPSA) is 55.7 Å². The minimum absolute atomic E-state index is 0.0794. The molecule has 1 fully saturated rings. The van der Waals surface area contributed by atoms with Gasteiger partial charge >= 0.3 is 0 Å². The third kappa shape index (κ3) is 1.80. The van der Waals surface area contributed by atoms with Gasteiger partial charge < -0.3 is 4.74 Å². The highest BCUT2D eigenvalue weighted by molar-refractivity contribution is 14.1. The van der Waals surface area contributed by atoms with Crippen molar-refractivity contribution < 1.29 is 9.66 Å². The number of epoxide rings is 1. The number of nitrogens with zero attached hydrogens (tertiary/aromatic N) is 1. The van der Waals surface area contributed by atoms with E-state index in [4.69, 9.17) is 4.74 Å². The van der Waals surface area contributed by atoms with Crippen LogP contribution < -0.4 is 0 Å². The van der Waals surface area contributed by atoms with Crippen molar-refractivity contribution >= 4 is 28.3 Å². The third-order valence-corrected chi connectivity index (χ3v) is 2.78. The van der Waals surface area contributed by atoms with E-state index in [2.05, 4.69) is 0 Å². The molecular weight excluding hydrogens is 285 g/mol. The molecule has 0 saturated carbocycles. The average molecular weight is 291 g/mol. The number of nitro groups is 1. The minimum Gasteiger partial charge on any atom is -0.368 e. The van der Waals surface area contributed by atoms with Gasteiger partial charge in [-0.2, -0.15) is 0 Å². The highest BCUT2D eigenvalue weighted by Crippen LogP contribution is 2.33. The van der Waals surface area contributed by atoms with Crippen LogP contribution in [0.3, 0.4) is 0 Å². The molecule has 1 aromatic carbocycles. The molecule has 0 spiro atoms. The zero-order valence-corrected chi connectivity index (χ0v) is 8.72.